The molecule has 0 unspecified atom stereocenters. The van der Waals surface area contributed by atoms with Crippen LogP contribution in [0.5, 0.6) is 0 Å². The van der Waals surface area contributed by atoms with Gasteiger partial charge < -0.3 is 0 Å². The Morgan fingerprint density at radius 1 is 0.875 bits per heavy atom. The van der Waals surface area contributed by atoms with Crippen molar-refractivity contribution in [3.63, 3.8) is 0 Å². The third-order valence-electron chi connectivity index (χ3n) is 0.957. The SMILES string of the molecule is CCCCCC.Cl.[AlH3]. The minimum Gasteiger partial charge on any atom is -0.147 e. The Morgan fingerprint density at radius 2 is 1.12 bits per heavy atom. The largest absolute Gasteiger partial charge is 0.187 e. The van der Waals surface area contributed by atoms with Crippen molar-refractivity contribution in [2.75, 3.05) is 0 Å². The summed E-state index contributed by atoms with van der Waals surface area (Å²) in [6.45, 7) is 4.46. The minimum atomic E-state index is 0. The van der Waals surface area contributed by atoms with E-state index in [1.165, 1.54) is 25.7 Å². The van der Waals surface area contributed by atoms with Crippen LogP contribution >= 0.6 is 12.4 Å². The quantitative estimate of drug-likeness (QED) is 0.428. The predicted molar refractivity (Wildman–Crippen MR) is 47.0 cm³/mol. The summed E-state index contributed by atoms with van der Waals surface area (Å²) in [6, 6.07) is 0. The maximum atomic E-state index is 2.23. The van der Waals surface area contributed by atoms with Gasteiger partial charge in [-0.3, -0.25) is 0 Å². The molecule has 0 fully saturated rings. The molecule has 0 atom stereocenters. The van der Waals surface area contributed by atoms with Crippen LogP contribution in [-0.2, 0) is 0 Å². The lowest BCUT2D eigenvalue weighted by atomic mass is 10.2. The van der Waals surface area contributed by atoms with Crippen LogP contribution in [0.25, 0.3) is 0 Å². The van der Waals surface area contributed by atoms with Crippen LogP contribution in [0, 0.1) is 0 Å². The van der Waals surface area contributed by atoms with Gasteiger partial charge in [0, 0.05) is 0 Å². The Bertz CT molecular complexity index is 20.5. The highest BCUT2D eigenvalue weighted by atomic mass is 35.5. The normalized spacial score (nSPS) is 6.75. The van der Waals surface area contributed by atoms with Crippen LogP contribution in [-0.4, -0.2) is 17.4 Å². The van der Waals surface area contributed by atoms with E-state index in [4.69, 9.17) is 0 Å². The lowest BCUT2D eigenvalue weighted by Gasteiger charge is -1.86. The molecule has 0 saturated carbocycles. The van der Waals surface area contributed by atoms with Crippen LogP contribution in [0.4, 0.5) is 0 Å². The molecule has 0 amide bonds. The zero-order chi connectivity index (χ0) is 4.83. The summed E-state index contributed by atoms with van der Waals surface area (Å²) in [5.41, 5.74) is 0. The number of hydrogen-bond acceptors (Lipinski definition) is 0. The van der Waals surface area contributed by atoms with Crippen LogP contribution in [0.15, 0.2) is 0 Å². The summed E-state index contributed by atoms with van der Waals surface area (Å²) in [5, 5.41) is 0. The lowest BCUT2D eigenvalue weighted by Crippen LogP contribution is -1.66. The number of hydrogen-bond donors (Lipinski definition) is 0. The van der Waals surface area contributed by atoms with E-state index in [1.807, 2.05) is 0 Å². The fourth-order valence-electron chi connectivity index (χ4n) is 0.500. The van der Waals surface area contributed by atoms with Gasteiger partial charge in [0.1, 0.15) is 0 Å². The highest BCUT2D eigenvalue weighted by molar-refractivity contribution is 5.85. The summed E-state index contributed by atoms with van der Waals surface area (Å²) >= 11 is 0. The molecular formula is C6H18AlCl. The molecule has 0 aromatic heterocycles. The van der Waals surface area contributed by atoms with Gasteiger partial charge in [0.25, 0.3) is 0 Å². The standard InChI is InChI=1S/C6H14.Al.ClH.3H/c1-3-5-6-4-2;;;;;/h3-6H2,1-2H3;;1H;;;. The average Bonchev–Trinajstić information content (AvgIpc) is 1.61. The van der Waals surface area contributed by atoms with E-state index in [-0.39, 0.29) is 29.8 Å². The molecule has 0 aliphatic rings. The smallest absolute Gasteiger partial charge is 0.147 e. The van der Waals surface area contributed by atoms with Gasteiger partial charge in [0.05, 0.1) is 0 Å². The summed E-state index contributed by atoms with van der Waals surface area (Å²) < 4.78 is 0. The third kappa shape index (κ3) is 15.8. The second-order valence-corrected chi connectivity index (χ2v) is 1.71. The molecule has 0 heterocycles. The topological polar surface area (TPSA) is 0 Å². The molecule has 8 heavy (non-hydrogen) atoms. The Labute approximate surface area is 69.6 Å². The fraction of sp³-hybridized carbons (Fsp3) is 1.00. The second kappa shape index (κ2) is 15.7. The van der Waals surface area contributed by atoms with E-state index in [1.54, 1.807) is 0 Å². The van der Waals surface area contributed by atoms with E-state index in [0.29, 0.717) is 0 Å². The fourth-order valence-corrected chi connectivity index (χ4v) is 0.500. The van der Waals surface area contributed by atoms with E-state index < -0.39 is 0 Å². The summed E-state index contributed by atoms with van der Waals surface area (Å²) in [5.74, 6) is 0. The first-order valence-corrected chi connectivity index (χ1v) is 2.91. The van der Waals surface area contributed by atoms with Crippen LogP contribution in [0.3, 0.4) is 0 Å². The second-order valence-electron chi connectivity index (χ2n) is 1.71. The molecule has 0 aromatic rings. The van der Waals surface area contributed by atoms with Gasteiger partial charge in [-0.2, -0.15) is 0 Å². The Balaban J connectivity index is -0.000000125. The zero-order valence-corrected chi connectivity index (χ0v) is 6.05. The number of halogens is 1. The van der Waals surface area contributed by atoms with Crippen molar-refractivity contribution in [1.29, 1.82) is 0 Å². The molecule has 0 rings (SSSR count). The van der Waals surface area contributed by atoms with Gasteiger partial charge >= 0.3 is 0 Å². The van der Waals surface area contributed by atoms with E-state index in [9.17, 15) is 0 Å². The van der Waals surface area contributed by atoms with Crippen molar-refractivity contribution in [3.05, 3.63) is 0 Å². The van der Waals surface area contributed by atoms with Crippen molar-refractivity contribution in [3.8, 4) is 0 Å². The van der Waals surface area contributed by atoms with Gasteiger partial charge in [0.2, 0.25) is 0 Å². The number of unbranched alkanes of at least 4 members (excludes halogenated alkanes) is 3. The molecule has 0 nitrogen and oxygen atoms in total. The molecule has 0 N–H and O–H groups in total. The van der Waals surface area contributed by atoms with Gasteiger partial charge in [-0.05, 0) is 0 Å². The van der Waals surface area contributed by atoms with Crippen molar-refractivity contribution >= 4 is 29.8 Å². The summed E-state index contributed by atoms with van der Waals surface area (Å²) in [7, 11) is 0. The molecule has 52 valence electrons. The monoisotopic (exact) mass is 152 g/mol. The highest BCUT2D eigenvalue weighted by Crippen LogP contribution is 1.95. The van der Waals surface area contributed by atoms with Crippen molar-refractivity contribution in [2.24, 2.45) is 0 Å². The van der Waals surface area contributed by atoms with E-state index in [2.05, 4.69) is 13.8 Å². The Hall–Kier alpha value is 0.822. The first-order valence-electron chi connectivity index (χ1n) is 2.91. The van der Waals surface area contributed by atoms with Gasteiger partial charge in [-0.25, -0.2) is 0 Å². The molecule has 0 aliphatic carbocycles. The van der Waals surface area contributed by atoms with Crippen LogP contribution < -0.4 is 0 Å². The molecular weight excluding hydrogens is 135 g/mol. The first kappa shape index (κ1) is 15.9. The summed E-state index contributed by atoms with van der Waals surface area (Å²) in [6.07, 6.45) is 5.54. The van der Waals surface area contributed by atoms with Gasteiger partial charge in [0.15, 0.2) is 17.4 Å². The molecule has 0 aliphatic heterocycles. The maximum Gasteiger partial charge on any atom is 0.187 e. The molecule has 0 aromatic carbocycles. The minimum absolute atomic E-state index is 0. The third-order valence-corrected chi connectivity index (χ3v) is 0.957. The Morgan fingerprint density at radius 3 is 1.25 bits per heavy atom. The van der Waals surface area contributed by atoms with Crippen molar-refractivity contribution in [1.82, 2.24) is 0 Å². The average molecular weight is 153 g/mol. The predicted octanol–water partition coefficient (Wildman–Crippen LogP) is 1.82. The highest BCUT2D eigenvalue weighted by Gasteiger charge is 1.75. The number of rotatable bonds is 3. The molecule has 0 bridgehead atoms. The lowest BCUT2D eigenvalue weighted by molar-refractivity contribution is 0.702. The molecule has 0 saturated heterocycles. The molecule has 0 radical (unpaired) electrons. The van der Waals surface area contributed by atoms with Crippen molar-refractivity contribution in [2.45, 2.75) is 39.5 Å². The van der Waals surface area contributed by atoms with Gasteiger partial charge in [-0.15, -0.1) is 12.4 Å². The Kier molecular flexibility index (Phi) is 31.2. The van der Waals surface area contributed by atoms with E-state index in [0.717, 1.165) is 0 Å². The first-order chi connectivity index (χ1) is 2.91. The van der Waals surface area contributed by atoms with Crippen molar-refractivity contribution < 1.29 is 0 Å². The molecule has 0 spiro atoms. The maximum absolute atomic E-state index is 2.23. The van der Waals surface area contributed by atoms with Crippen LogP contribution in [0.2, 0.25) is 0 Å². The summed E-state index contributed by atoms with van der Waals surface area (Å²) in [4.78, 5) is 0. The molecule has 2 heteroatoms. The zero-order valence-electron chi connectivity index (χ0n) is 5.24. The van der Waals surface area contributed by atoms with Crippen LogP contribution in [0.1, 0.15) is 39.5 Å². The van der Waals surface area contributed by atoms with Gasteiger partial charge in [-0.1, -0.05) is 39.5 Å². The van der Waals surface area contributed by atoms with E-state index >= 15 is 0 Å².